The highest BCUT2D eigenvalue weighted by molar-refractivity contribution is 9.10. The first-order valence-electron chi connectivity index (χ1n) is 5.03. The lowest BCUT2D eigenvalue weighted by molar-refractivity contribution is 1.15. The third-order valence-electron chi connectivity index (χ3n) is 2.33. The van der Waals surface area contributed by atoms with Gasteiger partial charge in [-0.15, -0.1) is 11.3 Å². The van der Waals surface area contributed by atoms with Crippen molar-refractivity contribution in [3.05, 3.63) is 46.5 Å². The van der Waals surface area contributed by atoms with E-state index in [9.17, 15) is 0 Å². The van der Waals surface area contributed by atoms with Crippen LogP contribution >= 0.6 is 27.3 Å². The quantitative estimate of drug-likeness (QED) is 0.771. The Balaban J connectivity index is 1.91. The van der Waals surface area contributed by atoms with E-state index in [0.29, 0.717) is 5.95 Å². The summed E-state index contributed by atoms with van der Waals surface area (Å²) in [4.78, 5) is 8.35. The van der Waals surface area contributed by atoms with Crippen LogP contribution in [-0.4, -0.2) is 9.97 Å². The van der Waals surface area contributed by atoms with Crippen LogP contribution < -0.4 is 5.32 Å². The fourth-order valence-corrected chi connectivity index (χ4v) is 2.53. The summed E-state index contributed by atoms with van der Waals surface area (Å²) in [6.07, 6.45) is 3.44. The zero-order valence-electron chi connectivity index (χ0n) is 8.72. The molecule has 0 amide bonds. The predicted octanol–water partition coefficient (Wildman–Crippen LogP) is 4.20. The largest absolute Gasteiger partial charge is 0.324 e. The first-order chi connectivity index (χ1) is 8.31. The Kier molecular flexibility index (Phi) is 2.78. The molecule has 2 aromatic heterocycles. The first kappa shape index (κ1) is 10.7. The molecule has 0 atom stereocenters. The molecule has 3 rings (SSSR count). The molecule has 0 saturated heterocycles. The Hall–Kier alpha value is -1.46. The van der Waals surface area contributed by atoms with E-state index in [4.69, 9.17) is 0 Å². The van der Waals surface area contributed by atoms with Gasteiger partial charge in [0.25, 0.3) is 0 Å². The van der Waals surface area contributed by atoms with Gasteiger partial charge in [-0.25, -0.2) is 9.97 Å². The van der Waals surface area contributed by atoms with Gasteiger partial charge < -0.3 is 5.32 Å². The zero-order chi connectivity index (χ0) is 11.7. The molecule has 0 unspecified atom stereocenters. The first-order valence-corrected chi connectivity index (χ1v) is 6.70. The van der Waals surface area contributed by atoms with Gasteiger partial charge in [0.2, 0.25) is 5.95 Å². The number of hydrogen-bond donors (Lipinski definition) is 1. The molecule has 5 heteroatoms. The molecule has 1 aromatic carbocycles. The molecule has 0 spiro atoms. The van der Waals surface area contributed by atoms with E-state index in [-0.39, 0.29) is 0 Å². The molecule has 84 valence electrons. The summed E-state index contributed by atoms with van der Waals surface area (Å²) >= 11 is 5.05. The molecule has 17 heavy (non-hydrogen) atoms. The van der Waals surface area contributed by atoms with Gasteiger partial charge in [-0.3, -0.25) is 0 Å². The number of rotatable bonds is 2. The van der Waals surface area contributed by atoms with Gasteiger partial charge in [-0.2, -0.15) is 0 Å². The van der Waals surface area contributed by atoms with E-state index in [2.05, 4.69) is 54.8 Å². The minimum Gasteiger partial charge on any atom is -0.324 e. The fraction of sp³-hybridized carbons (Fsp3) is 0. The standard InChI is InChI=1S/C12H8BrN3S/c13-9-6-14-12(15-7-9)16-10-1-2-11-8(5-10)3-4-17-11/h1-7H,(H,14,15,16). The van der Waals surface area contributed by atoms with Crippen LogP contribution in [0.3, 0.4) is 0 Å². The predicted molar refractivity (Wildman–Crippen MR) is 74.8 cm³/mol. The van der Waals surface area contributed by atoms with E-state index in [1.165, 1.54) is 10.1 Å². The average Bonchev–Trinajstić information content (AvgIpc) is 2.79. The summed E-state index contributed by atoms with van der Waals surface area (Å²) in [6, 6.07) is 8.33. The van der Waals surface area contributed by atoms with Gasteiger partial charge in [0.05, 0.1) is 4.47 Å². The third-order valence-corrected chi connectivity index (χ3v) is 3.64. The SMILES string of the molecule is Brc1cnc(Nc2ccc3sccc3c2)nc1. The van der Waals surface area contributed by atoms with Crippen molar-refractivity contribution in [2.24, 2.45) is 0 Å². The molecule has 0 aliphatic rings. The lowest BCUT2D eigenvalue weighted by atomic mass is 10.2. The number of nitrogens with zero attached hydrogens (tertiary/aromatic N) is 2. The summed E-state index contributed by atoms with van der Waals surface area (Å²) < 4.78 is 2.16. The fourth-order valence-electron chi connectivity index (χ4n) is 1.55. The normalized spacial score (nSPS) is 10.6. The van der Waals surface area contributed by atoms with Gasteiger partial charge in [0, 0.05) is 22.8 Å². The van der Waals surface area contributed by atoms with Crippen LogP contribution in [0.25, 0.3) is 10.1 Å². The molecule has 3 nitrogen and oxygen atoms in total. The molecule has 1 N–H and O–H groups in total. The van der Waals surface area contributed by atoms with E-state index >= 15 is 0 Å². The maximum atomic E-state index is 4.17. The lowest BCUT2D eigenvalue weighted by Gasteiger charge is -2.04. The van der Waals surface area contributed by atoms with Crippen LogP contribution in [0.4, 0.5) is 11.6 Å². The summed E-state index contributed by atoms with van der Waals surface area (Å²) in [6.45, 7) is 0. The van der Waals surface area contributed by atoms with E-state index in [0.717, 1.165) is 10.2 Å². The molecule has 3 aromatic rings. The second kappa shape index (κ2) is 4.43. The van der Waals surface area contributed by atoms with Crippen molar-refractivity contribution >= 4 is 49.0 Å². The Bertz CT molecular complexity index is 648. The van der Waals surface area contributed by atoms with E-state index in [1.54, 1.807) is 23.7 Å². The topological polar surface area (TPSA) is 37.8 Å². The number of benzene rings is 1. The summed E-state index contributed by atoms with van der Waals surface area (Å²) in [5.74, 6) is 0.600. The highest BCUT2D eigenvalue weighted by Gasteiger charge is 2.00. The molecule has 2 heterocycles. The molecular weight excluding hydrogens is 298 g/mol. The van der Waals surface area contributed by atoms with Crippen molar-refractivity contribution in [1.29, 1.82) is 0 Å². The number of thiophene rings is 1. The zero-order valence-corrected chi connectivity index (χ0v) is 11.1. The smallest absolute Gasteiger partial charge is 0.227 e. The van der Waals surface area contributed by atoms with Crippen molar-refractivity contribution in [3.63, 3.8) is 0 Å². The van der Waals surface area contributed by atoms with Crippen LogP contribution in [0.2, 0.25) is 0 Å². The molecule has 0 saturated carbocycles. The van der Waals surface area contributed by atoms with E-state index in [1.807, 2.05) is 6.07 Å². The summed E-state index contributed by atoms with van der Waals surface area (Å²) in [5, 5.41) is 6.50. The van der Waals surface area contributed by atoms with Crippen molar-refractivity contribution < 1.29 is 0 Å². The van der Waals surface area contributed by atoms with Gasteiger partial charge >= 0.3 is 0 Å². The number of aromatic nitrogens is 2. The number of hydrogen-bond acceptors (Lipinski definition) is 4. The van der Waals surface area contributed by atoms with Crippen molar-refractivity contribution in [2.75, 3.05) is 5.32 Å². The number of halogens is 1. The second-order valence-corrected chi connectivity index (χ2v) is 5.39. The number of fused-ring (bicyclic) bond motifs is 1. The molecular formula is C12H8BrN3S. The second-order valence-electron chi connectivity index (χ2n) is 3.52. The minimum atomic E-state index is 0.600. The molecule has 0 aliphatic heterocycles. The van der Waals surface area contributed by atoms with E-state index < -0.39 is 0 Å². The molecule has 0 aliphatic carbocycles. The summed E-state index contributed by atoms with van der Waals surface area (Å²) in [7, 11) is 0. The third kappa shape index (κ3) is 2.30. The maximum Gasteiger partial charge on any atom is 0.227 e. The average molecular weight is 306 g/mol. The van der Waals surface area contributed by atoms with Crippen LogP contribution in [0.15, 0.2) is 46.5 Å². The van der Waals surface area contributed by atoms with Gasteiger partial charge in [-0.05, 0) is 51.0 Å². The molecule has 0 fully saturated rings. The van der Waals surface area contributed by atoms with Crippen molar-refractivity contribution in [3.8, 4) is 0 Å². The van der Waals surface area contributed by atoms with Crippen LogP contribution in [0, 0.1) is 0 Å². The molecule has 0 bridgehead atoms. The maximum absolute atomic E-state index is 4.17. The Labute approximate surface area is 111 Å². The summed E-state index contributed by atoms with van der Waals surface area (Å²) in [5.41, 5.74) is 0.998. The monoisotopic (exact) mass is 305 g/mol. The number of nitrogens with one attached hydrogen (secondary N) is 1. The Morgan fingerprint density at radius 1 is 1.12 bits per heavy atom. The Morgan fingerprint density at radius 3 is 2.76 bits per heavy atom. The van der Waals surface area contributed by atoms with Crippen LogP contribution in [0.5, 0.6) is 0 Å². The van der Waals surface area contributed by atoms with Crippen molar-refractivity contribution in [1.82, 2.24) is 9.97 Å². The minimum absolute atomic E-state index is 0.600. The van der Waals surface area contributed by atoms with Gasteiger partial charge in [0.1, 0.15) is 0 Å². The highest BCUT2D eigenvalue weighted by atomic mass is 79.9. The highest BCUT2D eigenvalue weighted by Crippen LogP contribution is 2.25. The van der Waals surface area contributed by atoms with Gasteiger partial charge in [0.15, 0.2) is 0 Å². The Morgan fingerprint density at radius 2 is 1.94 bits per heavy atom. The van der Waals surface area contributed by atoms with Crippen molar-refractivity contribution in [2.45, 2.75) is 0 Å². The van der Waals surface area contributed by atoms with Gasteiger partial charge in [-0.1, -0.05) is 0 Å². The number of anilines is 2. The molecule has 0 radical (unpaired) electrons. The lowest BCUT2D eigenvalue weighted by Crippen LogP contribution is -1.95. The van der Waals surface area contributed by atoms with Crippen LogP contribution in [0.1, 0.15) is 0 Å². The van der Waals surface area contributed by atoms with Crippen LogP contribution in [-0.2, 0) is 0 Å².